The minimum atomic E-state index is -0.131. The average molecular weight is 691 g/mol. The van der Waals surface area contributed by atoms with E-state index in [2.05, 4.69) is 210 Å². The fourth-order valence-corrected chi connectivity index (χ4v) is 9.29. The lowest BCUT2D eigenvalue weighted by molar-refractivity contribution is 0.660. The predicted molar refractivity (Wildman–Crippen MR) is 229 cm³/mol. The van der Waals surface area contributed by atoms with Crippen molar-refractivity contribution in [2.75, 3.05) is 0 Å². The molecule has 0 amide bonds. The van der Waals surface area contributed by atoms with Gasteiger partial charge in [-0.05, 0) is 130 Å². The van der Waals surface area contributed by atoms with Gasteiger partial charge in [-0.2, -0.15) is 0 Å². The van der Waals surface area contributed by atoms with E-state index in [1.165, 1.54) is 100 Å². The summed E-state index contributed by atoms with van der Waals surface area (Å²) in [5.74, 6) is 0. The molecular weight excluding hydrogens is 649 g/mol. The van der Waals surface area contributed by atoms with Crippen molar-refractivity contribution in [2.24, 2.45) is 0 Å². The molecule has 0 fully saturated rings. The van der Waals surface area contributed by atoms with Crippen LogP contribution < -0.4 is 0 Å². The average Bonchev–Trinajstić information content (AvgIpc) is 3.59. The van der Waals surface area contributed by atoms with Crippen LogP contribution in [0.4, 0.5) is 0 Å². The molecular formula is C54H42. The maximum atomic E-state index is 2.46. The number of hydrogen-bond donors (Lipinski definition) is 0. The molecule has 10 rings (SSSR count). The Hall–Kier alpha value is -6.24. The smallest absolute Gasteiger partial charge is 0.0159 e. The Labute approximate surface area is 319 Å². The van der Waals surface area contributed by atoms with Crippen molar-refractivity contribution < 1.29 is 0 Å². The second-order valence-electron chi connectivity index (χ2n) is 16.1. The highest BCUT2D eigenvalue weighted by Crippen LogP contribution is 2.53. The molecule has 2 aliphatic carbocycles. The standard InChI is InChI=1S/C54H42/c1-53(2)49-31-38(35-14-7-5-8-15-35)22-26-45(49)47-28-24-40(33-51(47)53)41-25-29-48-46-27-23-39(32-50(46)54(3,4)52(48)34-41)37-18-13-19-42(30-37)44-21-12-11-20-43(44)36-16-9-6-10-17-36/h5-34H,1-4H3. The van der Waals surface area contributed by atoms with Gasteiger partial charge in [0.15, 0.2) is 0 Å². The summed E-state index contributed by atoms with van der Waals surface area (Å²) in [4.78, 5) is 0. The highest BCUT2D eigenvalue weighted by atomic mass is 14.4. The first-order valence-electron chi connectivity index (χ1n) is 19.2. The molecule has 0 saturated heterocycles. The van der Waals surface area contributed by atoms with Crippen LogP contribution in [0.2, 0.25) is 0 Å². The zero-order valence-electron chi connectivity index (χ0n) is 31.3. The van der Waals surface area contributed by atoms with Gasteiger partial charge in [-0.25, -0.2) is 0 Å². The number of benzene rings is 8. The van der Waals surface area contributed by atoms with E-state index in [0.717, 1.165) is 0 Å². The van der Waals surface area contributed by atoms with Crippen LogP contribution in [-0.4, -0.2) is 0 Å². The Balaban J connectivity index is 0.981. The normalized spacial score (nSPS) is 14.2. The lowest BCUT2D eigenvalue weighted by Crippen LogP contribution is -2.15. The Bertz CT molecular complexity index is 2740. The largest absolute Gasteiger partial charge is 0.0622 e. The van der Waals surface area contributed by atoms with Crippen molar-refractivity contribution in [2.45, 2.75) is 38.5 Å². The molecule has 0 nitrogen and oxygen atoms in total. The molecule has 8 aromatic carbocycles. The summed E-state index contributed by atoms with van der Waals surface area (Å²) >= 11 is 0. The second kappa shape index (κ2) is 12.2. The van der Waals surface area contributed by atoms with Gasteiger partial charge in [-0.15, -0.1) is 0 Å². The maximum absolute atomic E-state index is 2.46. The van der Waals surface area contributed by atoms with E-state index in [-0.39, 0.29) is 10.8 Å². The summed E-state index contributed by atoms with van der Waals surface area (Å²) in [5.41, 5.74) is 23.3. The van der Waals surface area contributed by atoms with Crippen molar-refractivity contribution in [3.63, 3.8) is 0 Å². The van der Waals surface area contributed by atoms with Crippen LogP contribution in [0.25, 0.3) is 77.9 Å². The van der Waals surface area contributed by atoms with Crippen molar-refractivity contribution in [3.05, 3.63) is 204 Å². The topological polar surface area (TPSA) is 0 Å². The molecule has 2 aliphatic rings. The van der Waals surface area contributed by atoms with Crippen LogP contribution in [0.15, 0.2) is 182 Å². The van der Waals surface area contributed by atoms with Crippen LogP contribution >= 0.6 is 0 Å². The first-order chi connectivity index (χ1) is 26.3. The number of rotatable bonds is 5. The quantitative estimate of drug-likeness (QED) is 0.169. The van der Waals surface area contributed by atoms with Gasteiger partial charge in [-0.1, -0.05) is 179 Å². The van der Waals surface area contributed by atoms with E-state index in [9.17, 15) is 0 Å². The van der Waals surface area contributed by atoms with E-state index in [4.69, 9.17) is 0 Å². The van der Waals surface area contributed by atoms with E-state index in [1.54, 1.807) is 0 Å². The summed E-state index contributed by atoms with van der Waals surface area (Å²) in [6.45, 7) is 9.55. The summed E-state index contributed by atoms with van der Waals surface area (Å²) in [5, 5.41) is 0. The molecule has 0 unspecified atom stereocenters. The third kappa shape index (κ3) is 5.05. The first kappa shape index (κ1) is 32.4. The predicted octanol–water partition coefficient (Wildman–Crippen LogP) is 14.6. The molecule has 0 aromatic heterocycles. The van der Waals surface area contributed by atoms with E-state index in [0.29, 0.717) is 0 Å². The fraction of sp³-hybridized carbons (Fsp3) is 0.111. The lowest BCUT2D eigenvalue weighted by atomic mass is 9.79. The van der Waals surface area contributed by atoms with Crippen LogP contribution in [0.3, 0.4) is 0 Å². The van der Waals surface area contributed by atoms with E-state index < -0.39 is 0 Å². The second-order valence-corrected chi connectivity index (χ2v) is 16.1. The van der Waals surface area contributed by atoms with E-state index in [1.807, 2.05) is 0 Å². The van der Waals surface area contributed by atoms with Gasteiger partial charge in [0, 0.05) is 10.8 Å². The third-order valence-electron chi connectivity index (χ3n) is 12.3. The Morgan fingerprint density at radius 1 is 0.222 bits per heavy atom. The molecule has 0 radical (unpaired) electrons. The van der Waals surface area contributed by atoms with Gasteiger partial charge in [0.25, 0.3) is 0 Å². The molecule has 0 aliphatic heterocycles. The van der Waals surface area contributed by atoms with Crippen LogP contribution in [0, 0.1) is 0 Å². The Morgan fingerprint density at radius 2 is 0.537 bits per heavy atom. The van der Waals surface area contributed by atoms with Crippen molar-refractivity contribution in [3.8, 4) is 77.9 Å². The maximum Gasteiger partial charge on any atom is 0.0159 e. The summed E-state index contributed by atoms with van der Waals surface area (Å²) in [7, 11) is 0. The summed E-state index contributed by atoms with van der Waals surface area (Å²) in [6.07, 6.45) is 0. The summed E-state index contributed by atoms with van der Waals surface area (Å²) < 4.78 is 0. The van der Waals surface area contributed by atoms with Crippen molar-refractivity contribution >= 4 is 0 Å². The van der Waals surface area contributed by atoms with Crippen molar-refractivity contribution in [1.29, 1.82) is 0 Å². The minimum absolute atomic E-state index is 0.0883. The van der Waals surface area contributed by atoms with Gasteiger partial charge in [0.2, 0.25) is 0 Å². The van der Waals surface area contributed by atoms with Gasteiger partial charge >= 0.3 is 0 Å². The van der Waals surface area contributed by atoms with Crippen LogP contribution in [0.5, 0.6) is 0 Å². The molecule has 0 bridgehead atoms. The Morgan fingerprint density at radius 3 is 0.981 bits per heavy atom. The van der Waals surface area contributed by atoms with Gasteiger partial charge in [-0.3, -0.25) is 0 Å². The van der Waals surface area contributed by atoms with Crippen molar-refractivity contribution in [1.82, 2.24) is 0 Å². The summed E-state index contributed by atoms with van der Waals surface area (Å²) in [6, 6.07) is 67.6. The molecule has 258 valence electrons. The first-order valence-corrected chi connectivity index (χ1v) is 19.2. The molecule has 8 aromatic rings. The monoisotopic (exact) mass is 690 g/mol. The molecule has 0 saturated carbocycles. The zero-order valence-corrected chi connectivity index (χ0v) is 31.3. The highest BCUT2D eigenvalue weighted by molar-refractivity contribution is 5.90. The molecule has 0 atom stereocenters. The Kier molecular flexibility index (Phi) is 7.29. The van der Waals surface area contributed by atoms with E-state index >= 15 is 0 Å². The molecule has 0 N–H and O–H groups in total. The highest BCUT2D eigenvalue weighted by Gasteiger charge is 2.38. The number of fused-ring (bicyclic) bond motifs is 6. The minimum Gasteiger partial charge on any atom is -0.0622 e. The fourth-order valence-electron chi connectivity index (χ4n) is 9.29. The van der Waals surface area contributed by atoms with Gasteiger partial charge < -0.3 is 0 Å². The molecule has 54 heavy (non-hydrogen) atoms. The van der Waals surface area contributed by atoms with Gasteiger partial charge in [0.1, 0.15) is 0 Å². The van der Waals surface area contributed by atoms with Crippen LogP contribution in [0.1, 0.15) is 49.9 Å². The number of hydrogen-bond acceptors (Lipinski definition) is 0. The lowest BCUT2D eigenvalue weighted by Gasteiger charge is -2.24. The molecule has 0 spiro atoms. The molecule has 0 heteroatoms. The van der Waals surface area contributed by atoms with Crippen LogP contribution in [-0.2, 0) is 10.8 Å². The SMILES string of the molecule is CC1(C)c2cc(-c3ccccc3)ccc2-c2ccc(-c3ccc4c(c3)C(C)(C)c3cc(-c5cccc(-c6ccccc6-c6ccccc6)c5)ccc3-4)cc21. The molecule has 0 heterocycles. The third-order valence-corrected chi connectivity index (χ3v) is 12.3. The van der Waals surface area contributed by atoms with Gasteiger partial charge in [0.05, 0.1) is 0 Å². The zero-order chi connectivity index (χ0) is 36.6.